The smallest absolute Gasteiger partial charge is 0.335 e. The minimum atomic E-state index is -1.00. The van der Waals surface area contributed by atoms with Crippen LogP contribution < -0.4 is 25.4 Å². The van der Waals surface area contributed by atoms with Crippen LogP contribution in [0.5, 0.6) is 11.5 Å². The van der Waals surface area contributed by atoms with Crippen LogP contribution in [0.2, 0.25) is 5.02 Å². The number of anilines is 2. The van der Waals surface area contributed by atoms with Gasteiger partial charge in [-0.15, -0.1) is 0 Å². The van der Waals surface area contributed by atoms with Crippen LogP contribution in [0.25, 0.3) is 0 Å². The number of para-hydroxylation sites is 1. The number of likely N-dealkylation sites (tertiary alicyclic amines) is 1. The van der Waals surface area contributed by atoms with Crippen molar-refractivity contribution in [1.82, 2.24) is 10.2 Å². The van der Waals surface area contributed by atoms with E-state index < -0.39 is 12.0 Å². The Morgan fingerprint density at radius 1 is 1.02 bits per heavy atom. The summed E-state index contributed by atoms with van der Waals surface area (Å²) in [7, 11) is 1.50. The lowest BCUT2D eigenvalue weighted by Crippen LogP contribution is -2.40. The fourth-order valence-electron chi connectivity index (χ4n) is 4.77. The van der Waals surface area contributed by atoms with Crippen LogP contribution in [-0.4, -0.2) is 66.8 Å². The van der Waals surface area contributed by atoms with Gasteiger partial charge in [-0.3, -0.25) is 4.79 Å². The first-order chi connectivity index (χ1) is 19.8. The molecule has 3 aromatic carbocycles. The van der Waals surface area contributed by atoms with Gasteiger partial charge in [-0.1, -0.05) is 36.7 Å². The van der Waals surface area contributed by atoms with Crippen molar-refractivity contribution in [2.75, 3.05) is 37.4 Å². The average molecular weight is 581 g/mol. The number of hydrogen-bond donors (Lipinski definition) is 4. The molecule has 3 amide bonds. The van der Waals surface area contributed by atoms with Crippen LogP contribution in [0.4, 0.5) is 16.2 Å². The van der Waals surface area contributed by atoms with E-state index in [0.717, 1.165) is 18.5 Å². The number of carbonyl (C=O) groups is 3. The summed E-state index contributed by atoms with van der Waals surface area (Å²) in [5.74, 6) is -0.0974. The SMILES string of the molecule is CCN[C@H]1C[C@@H](COc2ccc(C(=O)O)cc2)N(C(=O)Cc2ccc(NC(=O)Nc3ccccc3Cl)c(OC)c2)C1. The van der Waals surface area contributed by atoms with Crippen molar-refractivity contribution in [1.29, 1.82) is 0 Å². The quantitative estimate of drug-likeness (QED) is 0.254. The fraction of sp³-hybridized carbons (Fsp3) is 0.300. The number of aromatic carboxylic acids is 1. The minimum absolute atomic E-state index is 0.0561. The van der Waals surface area contributed by atoms with E-state index in [2.05, 4.69) is 16.0 Å². The maximum Gasteiger partial charge on any atom is 0.335 e. The zero-order chi connectivity index (χ0) is 29.4. The molecule has 4 rings (SSSR count). The van der Waals surface area contributed by atoms with E-state index in [1.807, 2.05) is 11.8 Å². The topological polar surface area (TPSA) is 129 Å². The molecule has 4 N–H and O–H groups in total. The normalized spacial score (nSPS) is 16.2. The largest absolute Gasteiger partial charge is 0.495 e. The van der Waals surface area contributed by atoms with Gasteiger partial charge in [0, 0.05) is 12.6 Å². The lowest BCUT2D eigenvalue weighted by molar-refractivity contribution is -0.131. The van der Waals surface area contributed by atoms with Gasteiger partial charge >= 0.3 is 12.0 Å². The molecule has 0 saturated carbocycles. The molecule has 1 fully saturated rings. The monoisotopic (exact) mass is 580 g/mol. The Morgan fingerprint density at radius 3 is 2.44 bits per heavy atom. The zero-order valence-electron chi connectivity index (χ0n) is 22.9. The number of carbonyl (C=O) groups excluding carboxylic acids is 2. The minimum Gasteiger partial charge on any atom is -0.495 e. The van der Waals surface area contributed by atoms with Crippen molar-refractivity contribution in [3.8, 4) is 11.5 Å². The molecule has 0 bridgehead atoms. The van der Waals surface area contributed by atoms with Crippen molar-refractivity contribution in [3.63, 3.8) is 0 Å². The van der Waals surface area contributed by atoms with Gasteiger partial charge in [0.2, 0.25) is 5.91 Å². The van der Waals surface area contributed by atoms with Gasteiger partial charge in [0.15, 0.2) is 0 Å². The number of benzene rings is 3. The summed E-state index contributed by atoms with van der Waals surface area (Å²) < 4.78 is 11.4. The standard InChI is InChI=1S/C30H33ClN4O6/c1-3-32-21-16-22(18-41-23-11-9-20(10-12-23)29(37)38)35(17-21)28(36)15-19-8-13-26(27(14-19)40-2)34-30(39)33-25-7-5-4-6-24(25)31/h4-14,21-22,32H,3,15-18H2,1-2H3,(H,37,38)(H2,33,34,39)/t21-,22-/m0/s1. The number of hydrogen-bond acceptors (Lipinski definition) is 6. The lowest BCUT2D eigenvalue weighted by atomic mass is 10.1. The summed E-state index contributed by atoms with van der Waals surface area (Å²) in [5.41, 5.74) is 1.84. The van der Waals surface area contributed by atoms with Gasteiger partial charge in [0.25, 0.3) is 0 Å². The molecule has 10 nitrogen and oxygen atoms in total. The van der Waals surface area contributed by atoms with E-state index >= 15 is 0 Å². The number of nitrogens with zero attached hydrogens (tertiary/aromatic N) is 1. The van der Waals surface area contributed by atoms with Crippen LogP contribution in [0, 0.1) is 0 Å². The molecule has 1 aliphatic heterocycles. The van der Waals surface area contributed by atoms with Gasteiger partial charge in [-0.2, -0.15) is 0 Å². The number of carboxylic acids is 1. The Kier molecular flexibility index (Phi) is 10.0. The highest BCUT2D eigenvalue weighted by Crippen LogP contribution is 2.28. The third-order valence-electron chi connectivity index (χ3n) is 6.76. The van der Waals surface area contributed by atoms with Crippen molar-refractivity contribution < 1.29 is 29.0 Å². The van der Waals surface area contributed by atoms with Gasteiger partial charge < -0.3 is 35.4 Å². The van der Waals surface area contributed by atoms with E-state index in [1.54, 1.807) is 54.6 Å². The Morgan fingerprint density at radius 2 is 1.76 bits per heavy atom. The molecule has 1 aliphatic rings. The van der Waals surface area contributed by atoms with Crippen molar-refractivity contribution >= 4 is 40.9 Å². The molecule has 0 unspecified atom stereocenters. The molecule has 0 aromatic heterocycles. The van der Waals surface area contributed by atoms with Gasteiger partial charge in [0.1, 0.15) is 18.1 Å². The molecule has 3 aromatic rings. The molecule has 1 heterocycles. The number of amides is 3. The second-order valence-corrected chi connectivity index (χ2v) is 10.0. The molecule has 0 aliphatic carbocycles. The Balaban J connectivity index is 1.40. The number of urea groups is 1. The number of nitrogens with one attached hydrogen (secondary N) is 3. The highest BCUT2D eigenvalue weighted by Gasteiger charge is 2.35. The summed E-state index contributed by atoms with van der Waals surface area (Å²) in [6.07, 6.45) is 0.880. The van der Waals surface area contributed by atoms with Crippen molar-refractivity contribution in [2.24, 2.45) is 0 Å². The fourth-order valence-corrected chi connectivity index (χ4v) is 4.95. The van der Waals surface area contributed by atoms with Crippen molar-refractivity contribution in [2.45, 2.75) is 31.8 Å². The van der Waals surface area contributed by atoms with Crippen LogP contribution in [0.1, 0.15) is 29.3 Å². The molecule has 2 atom stereocenters. The third kappa shape index (κ3) is 7.90. The number of likely N-dealkylation sites (N-methyl/N-ethyl adjacent to an activating group) is 1. The number of halogens is 1. The van der Waals surface area contributed by atoms with Crippen molar-refractivity contribution in [3.05, 3.63) is 82.9 Å². The van der Waals surface area contributed by atoms with Gasteiger partial charge in [-0.25, -0.2) is 9.59 Å². The molecular weight excluding hydrogens is 548 g/mol. The molecule has 1 saturated heterocycles. The Hall–Kier alpha value is -4.28. The number of methoxy groups -OCH3 is 1. The Bertz CT molecular complexity index is 1380. The van der Waals surface area contributed by atoms with Crippen LogP contribution in [0.15, 0.2) is 66.7 Å². The molecule has 216 valence electrons. The summed E-state index contributed by atoms with van der Waals surface area (Å²) in [6.45, 7) is 3.65. The molecule has 0 radical (unpaired) electrons. The van der Waals surface area contributed by atoms with Gasteiger partial charge in [0.05, 0.1) is 41.5 Å². The molecule has 11 heteroatoms. The number of ether oxygens (including phenoxy) is 2. The predicted octanol–water partition coefficient (Wildman–Crippen LogP) is 4.89. The van der Waals surface area contributed by atoms with E-state index in [9.17, 15) is 14.4 Å². The van der Waals surface area contributed by atoms with Crippen LogP contribution in [0.3, 0.4) is 0 Å². The van der Waals surface area contributed by atoms with E-state index in [4.69, 9.17) is 26.2 Å². The zero-order valence-corrected chi connectivity index (χ0v) is 23.6. The summed E-state index contributed by atoms with van der Waals surface area (Å²) in [5, 5.41) is 18.4. The molecule has 41 heavy (non-hydrogen) atoms. The summed E-state index contributed by atoms with van der Waals surface area (Å²) >= 11 is 6.12. The third-order valence-corrected chi connectivity index (χ3v) is 7.09. The predicted molar refractivity (Wildman–Crippen MR) is 157 cm³/mol. The number of carboxylic acid groups (broad SMARTS) is 1. The first-order valence-electron chi connectivity index (χ1n) is 13.3. The molecule has 0 spiro atoms. The van der Waals surface area contributed by atoms with Crippen LogP contribution >= 0.6 is 11.6 Å². The van der Waals surface area contributed by atoms with E-state index in [-0.39, 0.29) is 36.6 Å². The summed E-state index contributed by atoms with van der Waals surface area (Å²) in [6, 6.07) is 17.8. The summed E-state index contributed by atoms with van der Waals surface area (Å²) in [4.78, 5) is 38.9. The second-order valence-electron chi connectivity index (χ2n) is 9.60. The maximum absolute atomic E-state index is 13.4. The highest BCUT2D eigenvalue weighted by molar-refractivity contribution is 6.33. The van der Waals surface area contributed by atoms with E-state index in [0.29, 0.717) is 34.4 Å². The first kappa shape index (κ1) is 29.7. The number of rotatable bonds is 11. The molecular formula is C30H33ClN4O6. The van der Waals surface area contributed by atoms with Gasteiger partial charge in [-0.05, 0) is 67.1 Å². The lowest BCUT2D eigenvalue weighted by Gasteiger charge is -2.25. The average Bonchev–Trinajstić information content (AvgIpc) is 3.37. The highest BCUT2D eigenvalue weighted by atomic mass is 35.5. The maximum atomic E-state index is 13.4. The second kappa shape index (κ2) is 13.9. The van der Waals surface area contributed by atoms with E-state index in [1.165, 1.54) is 19.2 Å². The Labute approximate surface area is 243 Å². The van der Waals surface area contributed by atoms with Crippen LogP contribution in [-0.2, 0) is 11.2 Å². The first-order valence-corrected chi connectivity index (χ1v) is 13.6.